The molecule has 0 unspecified atom stereocenters. The van der Waals surface area contributed by atoms with Crippen molar-refractivity contribution < 1.29 is 9.90 Å². The molecule has 0 atom stereocenters. The van der Waals surface area contributed by atoms with Gasteiger partial charge in [0.1, 0.15) is 11.6 Å². The highest BCUT2D eigenvalue weighted by Gasteiger charge is 2.05. The number of aromatic nitrogens is 1. The third kappa shape index (κ3) is 3.46. The molecule has 0 fully saturated rings. The summed E-state index contributed by atoms with van der Waals surface area (Å²) in [6.45, 7) is 0. The van der Waals surface area contributed by atoms with Crippen molar-refractivity contribution in [3.63, 3.8) is 0 Å². The fraction of sp³-hybridized carbons (Fsp3) is 0.0769. The van der Waals surface area contributed by atoms with Crippen LogP contribution < -0.4 is 5.32 Å². The molecule has 0 aliphatic carbocycles. The number of hydrogen-bond acceptors (Lipinski definition) is 3. The molecule has 1 aromatic heterocycles. The maximum atomic E-state index is 11.7. The molecule has 1 heterocycles. The van der Waals surface area contributed by atoms with Crippen molar-refractivity contribution in [1.29, 1.82) is 0 Å². The molecule has 18 heavy (non-hydrogen) atoms. The average Bonchev–Trinajstić information content (AvgIpc) is 2.32. The number of rotatable bonds is 3. The van der Waals surface area contributed by atoms with Gasteiger partial charge in [-0.05, 0) is 29.8 Å². The highest BCUT2D eigenvalue weighted by Crippen LogP contribution is 2.13. The quantitative estimate of drug-likeness (QED) is 0.894. The number of pyridine rings is 1. The first-order valence-electron chi connectivity index (χ1n) is 5.33. The molecule has 2 N–H and O–H groups in total. The van der Waals surface area contributed by atoms with Crippen LogP contribution in [-0.4, -0.2) is 16.0 Å². The number of phenolic OH excluding ortho intramolecular Hbond substituents is 1. The minimum absolute atomic E-state index is 0.143. The summed E-state index contributed by atoms with van der Waals surface area (Å²) in [5.74, 6) is 0.393. The van der Waals surface area contributed by atoms with Crippen molar-refractivity contribution in [1.82, 2.24) is 4.98 Å². The summed E-state index contributed by atoms with van der Waals surface area (Å²) in [7, 11) is 0. The summed E-state index contributed by atoms with van der Waals surface area (Å²) >= 11 is 5.69. The number of anilines is 1. The summed E-state index contributed by atoms with van der Waals surface area (Å²) < 4.78 is 0. The first-order chi connectivity index (χ1) is 8.63. The fourth-order valence-electron chi connectivity index (χ4n) is 1.49. The second-order valence-corrected chi connectivity index (χ2v) is 4.19. The Bertz CT molecular complexity index is 555. The molecule has 0 bridgehead atoms. The van der Waals surface area contributed by atoms with Gasteiger partial charge in [0.25, 0.3) is 0 Å². The zero-order valence-corrected chi connectivity index (χ0v) is 10.2. The third-order valence-corrected chi connectivity index (χ3v) is 2.49. The van der Waals surface area contributed by atoms with E-state index in [0.29, 0.717) is 10.8 Å². The molecule has 0 radical (unpaired) electrons. The number of nitrogens with zero attached hydrogens (tertiary/aromatic N) is 1. The fourth-order valence-corrected chi connectivity index (χ4v) is 1.60. The highest BCUT2D eigenvalue weighted by molar-refractivity contribution is 6.30. The van der Waals surface area contributed by atoms with Crippen LogP contribution in [0, 0.1) is 0 Å². The molecule has 4 nitrogen and oxygen atoms in total. The number of carbonyl (C=O) groups is 1. The maximum absolute atomic E-state index is 11.7. The highest BCUT2D eigenvalue weighted by atomic mass is 35.5. The lowest BCUT2D eigenvalue weighted by Gasteiger charge is -2.04. The van der Waals surface area contributed by atoms with Gasteiger partial charge in [-0.15, -0.1) is 0 Å². The molecule has 0 saturated heterocycles. The van der Waals surface area contributed by atoms with Gasteiger partial charge in [-0.1, -0.05) is 23.7 Å². The van der Waals surface area contributed by atoms with Crippen molar-refractivity contribution >= 4 is 23.3 Å². The molecule has 2 rings (SSSR count). The van der Waals surface area contributed by atoms with E-state index < -0.39 is 0 Å². The Morgan fingerprint density at radius 3 is 2.83 bits per heavy atom. The number of halogens is 1. The number of amides is 1. The summed E-state index contributed by atoms with van der Waals surface area (Å²) in [4.78, 5) is 15.7. The van der Waals surface area contributed by atoms with E-state index in [-0.39, 0.29) is 18.1 Å². The number of nitrogens with one attached hydrogen (secondary N) is 1. The SMILES string of the molecule is O=C(Cc1cccc(O)c1)Nc1ccc(Cl)cn1. The summed E-state index contributed by atoms with van der Waals surface area (Å²) in [6.07, 6.45) is 1.64. The van der Waals surface area contributed by atoms with Crippen LogP contribution in [0.2, 0.25) is 5.02 Å². The Morgan fingerprint density at radius 1 is 1.33 bits per heavy atom. The molecule has 0 aliphatic rings. The molecule has 5 heteroatoms. The lowest BCUT2D eigenvalue weighted by Crippen LogP contribution is -2.15. The van der Waals surface area contributed by atoms with E-state index in [4.69, 9.17) is 11.6 Å². The van der Waals surface area contributed by atoms with Gasteiger partial charge >= 0.3 is 0 Å². The van der Waals surface area contributed by atoms with E-state index in [0.717, 1.165) is 5.56 Å². The molecular formula is C13H11ClN2O2. The van der Waals surface area contributed by atoms with Crippen molar-refractivity contribution in [3.8, 4) is 5.75 Å². The number of benzene rings is 1. The molecular weight excluding hydrogens is 252 g/mol. The van der Waals surface area contributed by atoms with Crippen LogP contribution in [-0.2, 0) is 11.2 Å². The monoisotopic (exact) mass is 262 g/mol. The third-order valence-electron chi connectivity index (χ3n) is 2.27. The lowest BCUT2D eigenvalue weighted by molar-refractivity contribution is -0.115. The number of hydrogen-bond donors (Lipinski definition) is 2. The van der Waals surface area contributed by atoms with Crippen molar-refractivity contribution in [3.05, 3.63) is 53.2 Å². The maximum Gasteiger partial charge on any atom is 0.229 e. The zero-order chi connectivity index (χ0) is 13.0. The number of carbonyl (C=O) groups excluding carboxylic acids is 1. The Balaban J connectivity index is 1.98. The van der Waals surface area contributed by atoms with E-state index in [9.17, 15) is 9.90 Å². The topological polar surface area (TPSA) is 62.2 Å². The molecule has 0 aliphatic heterocycles. The second-order valence-electron chi connectivity index (χ2n) is 3.76. The van der Waals surface area contributed by atoms with Gasteiger partial charge in [0.15, 0.2) is 0 Å². The number of aromatic hydroxyl groups is 1. The first-order valence-corrected chi connectivity index (χ1v) is 5.70. The van der Waals surface area contributed by atoms with Crippen molar-refractivity contribution in [2.75, 3.05) is 5.32 Å². The van der Waals surface area contributed by atoms with Crippen LogP contribution >= 0.6 is 11.6 Å². The second kappa shape index (κ2) is 5.51. The van der Waals surface area contributed by atoms with Gasteiger partial charge < -0.3 is 10.4 Å². The van der Waals surface area contributed by atoms with Crippen LogP contribution in [0.1, 0.15) is 5.56 Å². The van der Waals surface area contributed by atoms with Crippen molar-refractivity contribution in [2.45, 2.75) is 6.42 Å². The first kappa shape index (κ1) is 12.4. The molecule has 92 valence electrons. The van der Waals surface area contributed by atoms with Gasteiger partial charge in [0.05, 0.1) is 11.4 Å². The summed E-state index contributed by atoms with van der Waals surface area (Å²) in [5, 5.41) is 12.4. The minimum atomic E-state index is -0.199. The van der Waals surface area contributed by atoms with E-state index in [2.05, 4.69) is 10.3 Å². The van der Waals surface area contributed by atoms with E-state index >= 15 is 0 Å². The largest absolute Gasteiger partial charge is 0.508 e. The van der Waals surface area contributed by atoms with Gasteiger partial charge in [-0.25, -0.2) is 4.98 Å². The predicted molar refractivity (Wildman–Crippen MR) is 69.7 cm³/mol. The summed E-state index contributed by atoms with van der Waals surface area (Å²) in [5.41, 5.74) is 0.737. The van der Waals surface area contributed by atoms with Crippen LogP contribution in [0.25, 0.3) is 0 Å². The van der Waals surface area contributed by atoms with E-state index in [1.807, 2.05) is 0 Å². The molecule has 2 aromatic rings. The average molecular weight is 263 g/mol. The van der Waals surface area contributed by atoms with Gasteiger partial charge in [0.2, 0.25) is 5.91 Å². The van der Waals surface area contributed by atoms with Crippen LogP contribution in [0.5, 0.6) is 5.75 Å². The van der Waals surface area contributed by atoms with E-state index in [1.54, 1.807) is 36.4 Å². The molecule has 0 spiro atoms. The Hall–Kier alpha value is -2.07. The van der Waals surface area contributed by atoms with Crippen LogP contribution in [0.15, 0.2) is 42.6 Å². The smallest absolute Gasteiger partial charge is 0.229 e. The van der Waals surface area contributed by atoms with Gasteiger partial charge in [0, 0.05) is 6.20 Å². The van der Waals surface area contributed by atoms with E-state index in [1.165, 1.54) is 6.20 Å². The van der Waals surface area contributed by atoms with Gasteiger partial charge in [-0.3, -0.25) is 4.79 Å². The minimum Gasteiger partial charge on any atom is -0.508 e. The zero-order valence-electron chi connectivity index (χ0n) is 9.43. The Labute approximate surface area is 109 Å². The summed E-state index contributed by atoms with van der Waals surface area (Å²) in [6, 6.07) is 9.85. The molecule has 1 amide bonds. The Kier molecular flexibility index (Phi) is 3.79. The van der Waals surface area contributed by atoms with Crippen LogP contribution in [0.3, 0.4) is 0 Å². The van der Waals surface area contributed by atoms with Crippen molar-refractivity contribution in [2.24, 2.45) is 0 Å². The molecule has 0 saturated carbocycles. The van der Waals surface area contributed by atoms with Gasteiger partial charge in [-0.2, -0.15) is 0 Å². The Morgan fingerprint density at radius 2 is 2.17 bits per heavy atom. The normalized spacial score (nSPS) is 10.1. The lowest BCUT2D eigenvalue weighted by atomic mass is 10.1. The number of phenols is 1. The molecule has 1 aromatic carbocycles. The van der Waals surface area contributed by atoms with Crippen LogP contribution in [0.4, 0.5) is 5.82 Å². The standard InChI is InChI=1S/C13H11ClN2O2/c14-10-4-5-12(15-8-10)16-13(18)7-9-2-1-3-11(17)6-9/h1-6,8,17H,7H2,(H,15,16,18). The predicted octanol–water partition coefficient (Wildman–Crippen LogP) is 2.62.